The molecule has 6 atom stereocenters. The lowest BCUT2D eigenvalue weighted by atomic mass is 9.97. The fraction of sp³-hybridized carbons (Fsp3) is 0.417. The van der Waals surface area contributed by atoms with E-state index in [0.29, 0.717) is 0 Å². The van der Waals surface area contributed by atoms with Gasteiger partial charge in [0.1, 0.15) is 18.8 Å². The maximum atomic E-state index is 12.0. The third kappa shape index (κ3) is 6.32. The molecule has 2 heterocycles. The number of nitrogens with zero attached hydrogens (tertiary/aromatic N) is 1. The normalized spacial score (nSPS) is 32.8. The number of urea groups is 1. The molecule has 2 rings (SSSR count). The molecule has 0 aromatic rings. The highest BCUT2D eigenvalue weighted by atomic mass is 31.3. The van der Waals surface area contributed by atoms with Crippen molar-refractivity contribution in [2.24, 2.45) is 0 Å². The minimum Gasteiger partial charge on any atom is -0.386 e. The Labute approximate surface area is 174 Å². The summed E-state index contributed by atoms with van der Waals surface area (Å²) < 4.78 is 50.7. The number of aliphatic hydroxyl groups excluding tert-OH is 2. The van der Waals surface area contributed by atoms with Gasteiger partial charge in [0.05, 0.1) is 0 Å². The van der Waals surface area contributed by atoms with Gasteiger partial charge in [0.2, 0.25) is 0 Å². The Morgan fingerprint density at radius 1 is 1.23 bits per heavy atom. The van der Waals surface area contributed by atoms with Crippen LogP contribution in [-0.2, 0) is 31.6 Å². The Balaban J connectivity index is 2.16. The standard InChI is InChI=1S/C12H17N2O14P3/c1-3-12(6-25-30(21,22)28-31(23,24)27-29(18,19)20)9(16)8(15)10(26-12)14-5-4-7(2)13-11(14)17/h1,4-5,8-10,15-16H,2,6H2,(H,13,17)(H,21,22)(H,23,24)(H2,18,19,20)/t8?,9-,10-,12-/m1/s1. The van der Waals surface area contributed by atoms with Gasteiger partial charge < -0.3 is 39.8 Å². The van der Waals surface area contributed by atoms with Crippen LogP contribution in [-0.4, -0.2) is 71.4 Å². The molecule has 0 saturated carbocycles. The first kappa shape index (κ1) is 25.9. The van der Waals surface area contributed by atoms with E-state index in [-0.39, 0.29) is 5.70 Å². The molecule has 1 saturated heterocycles. The Hall–Kier alpha value is -1.40. The van der Waals surface area contributed by atoms with Crippen LogP contribution in [0, 0.1) is 12.3 Å². The maximum absolute atomic E-state index is 12.0. The van der Waals surface area contributed by atoms with E-state index in [9.17, 15) is 33.6 Å². The molecule has 1 fully saturated rings. The second kappa shape index (κ2) is 8.86. The molecule has 31 heavy (non-hydrogen) atoms. The number of hydrogen-bond donors (Lipinski definition) is 7. The van der Waals surface area contributed by atoms with Crippen molar-refractivity contribution in [3.8, 4) is 12.3 Å². The number of rotatable bonds is 8. The Bertz CT molecular complexity index is 970. The van der Waals surface area contributed by atoms with E-state index in [1.54, 1.807) is 0 Å². The molecule has 174 valence electrons. The van der Waals surface area contributed by atoms with Gasteiger partial charge in [0, 0.05) is 11.9 Å². The number of hydrogen-bond acceptors (Lipinski definition) is 10. The zero-order valence-corrected chi connectivity index (χ0v) is 17.8. The molecule has 0 aromatic carbocycles. The summed E-state index contributed by atoms with van der Waals surface area (Å²) in [6, 6.07) is -0.815. The number of allylic oxidation sites excluding steroid dienone is 1. The van der Waals surface area contributed by atoms with E-state index in [1.165, 1.54) is 6.08 Å². The summed E-state index contributed by atoms with van der Waals surface area (Å²) in [5.74, 6) is 1.89. The summed E-state index contributed by atoms with van der Waals surface area (Å²) in [4.78, 5) is 48.5. The number of aliphatic hydroxyl groups is 2. The molecule has 0 aliphatic carbocycles. The van der Waals surface area contributed by atoms with Gasteiger partial charge in [0.25, 0.3) is 0 Å². The van der Waals surface area contributed by atoms with Crippen LogP contribution in [0.5, 0.6) is 0 Å². The molecule has 0 spiro atoms. The largest absolute Gasteiger partial charge is 0.490 e. The number of ether oxygens (including phenoxy) is 1. The summed E-state index contributed by atoms with van der Waals surface area (Å²) in [5.41, 5.74) is -2.15. The molecule has 3 unspecified atom stereocenters. The van der Waals surface area contributed by atoms with Gasteiger partial charge >= 0.3 is 29.5 Å². The van der Waals surface area contributed by atoms with Crippen LogP contribution >= 0.6 is 23.5 Å². The first-order chi connectivity index (χ1) is 14.0. The van der Waals surface area contributed by atoms with Crippen LogP contribution in [0.15, 0.2) is 24.6 Å². The summed E-state index contributed by atoms with van der Waals surface area (Å²) >= 11 is 0. The van der Waals surface area contributed by atoms with Gasteiger partial charge in [-0.2, -0.15) is 8.62 Å². The molecule has 16 nitrogen and oxygen atoms in total. The number of terminal acetylenes is 1. The van der Waals surface area contributed by atoms with Gasteiger partial charge in [-0.05, 0) is 6.08 Å². The second-order valence-corrected chi connectivity index (χ2v) is 10.4. The number of carbonyl (C=O) groups is 1. The second-order valence-electron chi connectivity index (χ2n) is 6.02. The van der Waals surface area contributed by atoms with Crippen LogP contribution in [0.1, 0.15) is 0 Å². The number of phosphoric ester groups is 1. The topological polar surface area (TPSA) is 242 Å². The Morgan fingerprint density at radius 3 is 2.35 bits per heavy atom. The van der Waals surface area contributed by atoms with E-state index >= 15 is 0 Å². The van der Waals surface area contributed by atoms with Crippen LogP contribution < -0.4 is 5.32 Å². The fourth-order valence-corrected chi connectivity index (χ4v) is 5.50. The lowest BCUT2D eigenvalue weighted by Crippen LogP contribution is -2.49. The van der Waals surface area contributed by atoms with Gasteiger partial charge in [-0.1, -0.05) is 12.5 Å². The molecule has 7 N–H and O–H groups in total. The molecule has 0 radical (unpaired) electrons. The van der Waals surface area contributed by atoms with Crippen LogP contribution in [0.3, 0.4) is 0 Å². The number of amides is 2. The van der Waals surface area contributed by atoms with E-state index < -0.39 is 60.1 Å². The summed E-state index contributed by atoms with van der Waals surface area (Å²) in [6.07, 6.45) is 2.32. The monoisotopic (exact) mass is 506 g/mol. The van der Waals surface area contributed by atoms with Crippen LogP contribution in [0.25, 0.3) is 0 Å². The summed E-state index contributed by atoms with van der Waals surface area (Å²) in [7, 11) is -17.0. The van der Waals surface area contributed by atoms with Gasteiger partial charge in [-0.25, -0.2) is 18.5 Å². The first-order valence-corrected chi connectivity index (χ1v) is 12.3. The van der Waals surface area contributed by atoms with Gasteiger partial charge in [0.15, 0.2) is 11.8 Å². The zero-order chi connectivity index (χ0) is 23.8. The first-order valence-electron chi connectivity index (χ1n) is 7.77. The highest BCUT2D eigenvalue weighted by molar-refractivity contribution is 7.66. The smallest absolute Gasteiger partial charge is 0.386 e. The molecule has 0 bridgehead atoms. The van der Waals surface area contributed by atoms with Crippen molar-refractivity contribution >= 4 is 29.5 Å². The summed E-state index contributed by atoms with van der Waals surface area (Å²) in [6.45, 7) is 2.24. The Morgan fingerprint density at radius 2 is 1.84 bits per heavy atom. The van der Waals surface area contributed by atoms with Gasteiger partial charge in [-0.15, -0.1) is 6.42 Å². The third-order valence-corrected chi connectivity index (χ3v) is 7.52. The summed E-state index contributed by atoms with van der Waals surface area (Å²) in [5, 5.41) is 22.8. The molecular weight excluding hydrogens is 489 g/mol. The fourth-order valence-electron chi connectivity index (χ4n) is 2.45. The molecular formula is C12H17N2O14P3. The van der Waals surface area contributed by atoms with Crippen molar-refractivity contribution in [2.75, 3.05) is 6.61 Å². The van der Waals surface area contributed by atoms with Gasteiger partial charge in [-0.3, -0.25) is 9.42 Å². The van der Waals surface area contributed by atoms with E-state index in [1.807, 2.05) is 5.92 Å². The Kier molecular flexibility index (Phi) is 7.39. The van der Waals surface area contributed by atoms with Crippen molar-refractivity contribution < 1.29 is 66.2 Å². The third-order valence-electron chi connectivity index (χ3n) is 3.74. The number of carbonyl (C=O) groups excluding carboxylic acids is 1. The average Bonchev–Trinajstić information content (AvgIpc) is 2.82. The minimum absolute atomic E-state index is 0.213. The molecule has 0 aromatic heterocycles. The molecule has 2 aliphatic rings. The van der Waals surface area contributed by atoms with Crippen molar-refractivity contribution in [1.29, 1.82) is 0 Å². The van der Waals surface area contributed by atoms with Crippen molar-refractivity contribution in [3.05, 3.63) is 24.6 Å². The zero-order valence-electron chi connectivity index (χ0n) is 15.1. The quantitative estimate of drug-likeness (QED) is 0.152. The van der Waals surface area contributed by atoms with Crippen molar-refractivity contribution in [3.63, 3.8) is 0 Å². The molecule has 19 heteroatoms. The lowest BCUT2D eigenvalue weighted by molar-refractivity contribution is -0.0976. The highest BCUT2D eigenvalue weighted by Crippen LogP contribution is 2.66. The SMILES string of the molecule is C#C[C@]1(COP(=O)(O)OP(=O)(O)OP(=O)(O)O)O[C@@H](N2C=CC(=C)NC2=O)C(O)[C@H]1O. The van der Waals surface area contributed by atoms with Crippen molar-refractivity contribution in [1.82, 2.24) is 10.2 Å². The number of nitrogens with one attached hydrogen (secondary N) is 1. The average molecular weight is 506 g/mol. The van der Waals surface area contributed by atoms with Crippen LogP contribution in [0.2, 0.25) is 0 Å². The van der Waals surface area contributed by atoms with E-state index in [0.717, 1.165) is 11.1 Å². The maximum Gasteiger partial charge on any atom is 0.490 e. The van der Waals surface area contributed by atoms with E-state index in [4.69, 9.17) is 25.8 Å². The minimum atomic E-state index is -5.79. The highest BCUT2D eigenvalue weighted by Gasteiger charge is 2.57. The molecule has 2 amide bonds. The van der Waals surface area contributed by atoms with E-state index in [2.05, 4.69) is 25.0 Å². The number of phosphoric acid groups is 3. The predicted molar refractivity (Wildman–Crippen MR) is 96.9 cm³/mol. The lowest BCUT2D eigenvalue weighted by Gasteiger charge is -2.31. The predicted octanol–water partition coefficient (Wildman–Crippen LogP) is -1.17. The van der Waals surface area contributed by atoms with Crippen LogP contribution in [0.4, 0.5) is 4.79 Å². The van der Waals surface area contributed by atoms with Crippen molar-refractivity contribution in [2.45, 2.75) is 24.0 Å². The molecule has 2 aliphatic heterocycles.